The zero-order valence-electron chi connectivity index (χ0n) is 29.1. The lowest BCUT2D eigenvalue weighted by molar-refractivity contribution is 0.0508. The number of amides is 2. The van der Waals surface area contributed by atoms with Crippen LogP contribution in [0.3, 0.4) is 0 Å². The van der Waals surface area contributed by atoms with Crippen molar-refractivity contribution in [2.45, 2.75) is 33.4 Å². The van der Waals surface area contributed by atoms with Crippen LogP contribution in [0.5, 0.6) is 0 Å². The molecule has 0 unspecified atom stereocenters. The van der Waals surface area contributed by atoms with Crippen molar-refractivity contribution in [2.75, 3.05) is 23.8 Å². The number of hydrogen-bond acceptors (Lipinski definition) is 10. The van der Waals surface area contributed by atoms with Gasteiger partial charge in [0.2, 0.25) is 11.4 Å². The number of esters is 2. The van der Waals surface area contributed by atoms with E-state index in [9.17, 15) is 19.2 Å². The first-order valence-corrected chi connectivity index (χ1v) is 16.9. The van der Waals surface area contributed by atoms with E-state index >= 15 is 0 Å². The summed E-state index contributed by atoms with van der Waals surface area (Å²) in [5, 5.41) is 21.7. The fourth-order valence-electron chi connectivity index (χ4n) is 5.51. The van der Waals surface area contributed by atoms with Gasteiger partial charge in [-0.2, -0.15) is 0 Å². The Morgan fingerprint density at radius 3 is 1.26 bits per heavy atom. The van der Waals surface area contributed by atoms with Crippen molar-refractivity contribution >= 4 is 35.1 Å². The second-order valence-electron chi connectivity index (χ2n) is 11.8. The number of aromatic nitrogens is 6. The fraction of sp³-hybridized carbons (Fsp3) is 0.179. The number of ether oxygens (including phenoxy) is 2. The molecule has 0 fully saturated rings. The highest BCUT2D eigenvalue weighted by Gasteiger charge is 2.28. The highest BCUT2D eigenvalue weighted by atomic mass is 16.5. The second-order valence-corrected chi connectivity index (χ2v) is 11.8. The third-order valence-corrected chi connectivity index (χ3v) is 8.02. The molecular weight excluding hydrogens is 676 g/mol. The van der Waals surface area contributed by atoms with E-state index in [-0.39, 0.29) is 49.1 Å². The first-order valence-electron chi connectivity index (χ1n) is 16.9. The lowest BCUT2D eigenvalue weighted by atomic mass is 10.0. The molecule has 6 rings (SSSR count). The molecule has 6 aromatic rings. The number of carbonyl (C=O) groups is 4. The molecule has 0 aliphatic carbocycles. The molecule has 0 bridgehead atoms. The summed E-state index contributed by atoms with van der Waals surface area (Å²) in [6, 6.07) is 33.4. The summed E-state index contributed by atoms with van der Waals surface area (Å²) in [4.78, 5) is 52.2. The standard InChI is InChI=1S/C39H36N8O6/c1-3-52-38(50)32-34(46(44-42-32)24-28-11-7-5-8-12-28)36(48)40-30-19-15-26(16-20-30)23-27-17-21-31(22-18-27)41-37(49)35-33(39(51)53-4-2)43-45-47(35)25-29-13-9-6-10-14-29/h5-22H,3-4,23-25H2,1-2H3,(H,40,48)(H,41,49). The number of rotatable bonds is 14. The van der Waals surface area contributed by atoms with E-state index in [0.717, 1.165) is 22.3 Å². The average molecular weight is 713 g/mol. The monoisotopic (exact) mass is 712 g/mol. The van der Waals surface area contributed by atoms with E-state index < -0.39 is 23.8 Å². The van der Waals surface area contributed by atoms with Crippen LogP contribution in [0.25, 0.3) is 0 Å². The predicted molar refractivity (Wildman–Crippen MR) is 195 cm³/mol. The average Bonchev–Trinajstić information content (AvgIpc) is 3.79. The maximum absolute atomic E-state index is 13.5. The van der Waals surface area contributed by atoms with Gasteiger partial charge in [0.25, 0.3) is 11.8 Å². The van der Waals surface area contributed by atoms with Crippen molar-refractivity contribution in [1.29, 1.82) is 0 Å². The molecule has 0 spiro atoms. The normalized spacial score (nSPS) is 10.8. The molecule has 14 heteroatoms. The third-order valence-electron chi connectivity index (χ3n) is 8.02. The van der Waals surface area contributed by atoms with Crippen molar-refractivity contribution in [3.8, 4) is 0 Å². The topological polar surface area (TPSA) is 172 Å². The minimum absolute atomic E-state index is 0.00223. The van der Waals surface area contributed by atoms with Crippen LogP contribution in [0.2, 0.25) is 0 Å². The van der Waals surface area contributed by atoms with Crippen LogP contribution in [0.15, 0.2) is 109 Å². The summed E-state index contributed by atoms with van der Waals surface area (Å²) in [7, 11) is 0. The van der Waals surface area contributed by atoms with Gasteiger partial charge in [0.15, 0.2) is 11.4 Å². The molecule has 268 valence electrons. The van der Waals surface area contributed by atoms with E-state index in [4.69, 9.17) is 9.47 Å². The molecule has 0 saturated carbocycles. The summed E-state index contributed by atoms with van der Waals surface area (Å²) in [5.41, 5.74) is 4.41. The van der Waals surface area contributed by atoms with Crippen molar-refractivity contribution in [2.24, 2.45) is 0 Å². The van der Waals surface area contributed by atoms with Gasteiger partial charge in [0.1, 0.15) is 0 Å². The zero-order valence-corrected chi connectivity index (χ0v) is 29.1. The molecule has 2 aromatic heterocycles. The fourth-order valence-corrected chi connectivity index (χ4v) is 5.51. The van der Waals surface area contributed by atoms with Gasteiger partial charge < -0.3 is 20.1 Å². The molecule has 0 radical (unpaired) electrons. The van der Waals surface area contributed by atoms with Crippen LogP contribution >= 0.6 is 0 Å². The minimum Gasteiger partial charge on any atom is -0.461 e. The molecule has 0 atom stereocenters. The summed E-state index contributed by atoms with van der Waals surface area (Å²) in [5.74, 6) is -2.56. The van der Waals surface area contributed by atoms with Gasteiger partial charge in [0, 0.05) is 11.4 Å². The highest BCUT2D eigenvalue weighted by Crippen LogP contribution is 2.20. The van der Waals surface area contributed by atoms with E-state index in [0.29, 0.717) is 17.8 Å². The number of nitrogens with zero attached hydrogens (tertiary/aromatic N) is 6. The van der Waals surface area contributed by atoms with Gasteiger partial charge >= 0.3 is 11.9 Å². The number of anilines is 2. The molecule has 0 saturated heterocycles. The Kier molecular flexibility index (Phi) is 11.4. The van der Waals surface area contributed by atoms with E-state index in [1.54, 1.807) is 38.1 Å². The quantitative estimate of drug-likeness (QED) is 0.139. The molecule has 14 nitrogen and oxygen atoms in total. The lowest BCUT2D eigenvalue weighted by Crippen LogP contribution is -2.22. The first-order chi connectivity index (χ1) is 25.8. The predicted octanol–water partition coefficient (Wildman–Crippen LogP) is 5.42. The van der Waals surface area contributed by atoms with Crippen molar-refractivity contribution in [3.05, 3.63) is 154 Å². The van der Waals surface area contributed by atoms with Gasteiger partial charge in [-0.05, 0) is 66.8 Å². The Bertz CT molecular complexity index is 2040. The minimum atomic E-state index is -0.731. The van der Waals surface area contributed by atoms with E-state index in [2.05, 4.69) is 31.3 Å². The van der Waals surface area contributed by atoms with E-state index in [1.807, 2.05) is 84.9 Å². The second kappa shape index (κ2) is 16.8. The maximum Gasteiger partial charge on any atom is 0.361 e. The molecule has 0 aliphatic heterocycles. The van der Waals surface area contributed by atoms with Gasteiger partial charge in [0.05, 0.1) is 26.3 Å². The summed E-state index contributed by atoms with van der Waals surface area (Å²) in [6.45, 7) is 4.08. The van der Waals surface area contributed by atoms with Crippen LogP contribution in [0.4, 0.5) is 11.4 Å². The lowest BCUT2D eigenvalue weighted by Gasteiger charge is -2.11. The van der Waals surface area contributed by atoms with Crippen LogP contribution in [0, 0.1) is 0 Å². The number of nitrogens with one attached hydrogen (secondary N) is 2. The Hall–Kier alpha value is -6.96. The molecule has 2 N–H and O–H groups in total. The number of benzene rings is 4. The molecule has 4 aromatic carbocycles. The molecule has 2 heterocycles. The van der Waals surface area contributed by atoms with Crippen LogP contribution in [-0.2, 0) is 29.0 Å². The van der Waals surface area contributed by atoms with Gasteiger partial charge in [-0.25, -0.2) is 19.0 Å². The maximum atomic E-state index is 13.5. The van der Waals surface area contributed by atoms with Gasteiger partial charge in [-0.1, -0.05) is 95.4 Å². The smallest absolute Gasteiger partial charge is 0.361 e. The third kappa shape index (κ3) is 8.86. The highest BCUT2D eigenvalue weighted by molar-refractivity contribution is 6.10. The van der Waals surface area contributed by atoms with Crippen molar-refractivity contribution in [1.82, 2.24) is 30.0 Å². The van der Waals surface area contributed by atoms with Gasteiger partial charge in [-0.3, -0.25) is 9.59 Å². The molecular formula is C39H36N8O6. The zero-order chi connectivity index (χ0) is 37.2. The molecule has 0 aliphatic rings. The molecule has 53 heavy (non-hydrogen) atoms. The summed E-state index contributed by atoms with van der Waals surface area (Å²) < 4.78 is 13.0. The molecule has 2 amide bonds. The van der Waals surface area contributed by atoms with Crippen molar-refractivity contribution < 1.29 is 28.7 Å². The number of carbonyl (C=O) groups excluding carboxylic acids is 4. The Morgan fingerprint density at radius 2 is 0.906 bits per heavy atom. The number of hydrogen-bond donors (Lipinski definition) is 2. The summed E-state index contributed by atoms with van der Waals surface area (Å²) in [6.07, 6.45) is 0.573. The van der Waals surface area contributed by atoms with E-state index in [1.165, 1.54) is 9.36 Å². The van der Waals surface area contributed by atoms with Gasteiger partial charge in [-0.15, -0.1) is 10.2 Å². The van der Waals surface area contributed by atoms with Crippen LogP contribution in [-0.4, -0.2) is 67.0 Å². The largest absolute Gasteiger partial charge is 0.461 e. The van der Waals surface area contributed by atoms with Crippen LogP contribution in [0.1, 0.15) is 78.1 Å². The Balaban J connectivity index is 1.11. The first kappa shape index (κ1) is 35.9. The van der Waals surface area contributed by atoms with Crippen molar-refractivity contribution in [3.63, 3.8) is 0 Å². The Morgan fingerprint density at radius 1 is 0.528 bits per heavy atom. The Labute approximate surface area is 304 Å². The SMILES string of the molecule is CCOC(=O)c1nnn(Cc2ccccc2)c1C(=O)Nc1ccc(Cc2ccc(NC(=O)c3c(C(=O)OCC)nnn3Cc3ccccc3)cc2)cc1. The summed E-state index contributed by atoms with van der Waals surface area (Å²) >= 11 is 0. The van der Waals surface area contributed by atoms with Crippen LogP contribution < -0.4 is 10.6 Å².